The molecule has 0 aliphatic heterocycles. The molecule has 0 amide bonds. The predicted molar refractivity (Wildman–Crippen MR) is 82.0 cm³/mol. The highest BCUT2D eigenvalue weighted by Crippen LogP contribution is 2.16. The van der Waals surface area contributed by atoms with Crippen molar-refractivity contribution in [1.82, 2.24) is 0 Å². The minimum atomic E-state index is -0.491. The number of benzene rings is 2. The van der Waals surface area contributed by atoms with E-state index in [1.807, 2.05) is 12.1 Å². The summed E-state index contributed by atoms with van der Waals surface area (Å²) in [6.07, 6.45) is 0.296. The van der Waals surface area contributed by atoms with E-state index in [4.69, 9.17) is 11.6 Å². The average molecular weight is 305 g/mol. The Hall–Kier alpha value is -2.40. The zero-order valence-electron chi connectivity index (χ0n) is 11.1. The molecule has 0 radical (unpaired) electrons. The molecule has 21 heavy (non-hydrogen) atoms. The minimum absolute atomic E-state index is 0.0244. The van der Waals surface area contributed by atoms with Gasteiger partial charge in [0.1, 0.15) is 0 Å². The van der Waals surface area contributed by atoms with Gasteiger partial charge >= 0.3 is 0 Å². The van der Waals surface area contributed by atoms with Gasteiger partial charge in [-0.05, 0) is 30.3 Å². The van der Waals surface area contributed by atoms with Gasteiger partial charge in [-0.2, -0.15) is 0 Å². The Labute approximate surface area is 126 Å². The first-order chi connectivity index (χ1) is 10.1. The molecule has 0 saturated heterocycles. The van der Waals surface area contributed by atoms with Crippen molar-refractivity contribution >= 4 is 28.8 Å². The van der Waals surface area contributed by atoms with Crippen LogP contribution in [0.15, 0.2) is 48.5 Å². The summed E-state index contributed by atoms with van der Waals surface area (Å²) >= 11 is 5.86. The molecule has 2 aromatic carbocycles. The van der Waals surface area contributed by atoms with Crippen LogP contribution < -0.4 is 5.32 Å². The van der Waals surface area contributed by atoms with Gasteiger partial charge in [0.05, 0.1) is 4.92 Å². The topological polar surface area (TPSA) is 72.2 Å². The summed E-state index contributed by atoms with van der Waals surface area (Å²) in [7, 11) is 0. The van der Waals surface area contributed by atoms with E-state index in [2.05, 4.69) is 5.32 Å². The summed E-state index contributed by atoms with van der Waals surface area (Å²) < 4.78 is 0. The van der Waals surface area contributed by atoms with E-state index < -0.39 is 4.92 Å². The Bertz CT molecular complexity index is 656. The molecule has 6 heteroatoms. The van der Waals surface area contributed by atoms with E-state index in [0.717, 1.165) is 5.69 Å². The van der Waals surface area contributed by atoms with E-state index in [1.54, 1.807) is 12.1 Å². The fourth-order valence-electron chi connectivity index (χ4n) is 1.83. The number of Topliss-reactive ketones (excluding diaryl/α,β-unsaturated/α-hetero) is 1. The van der Waals surface area contributed by atoms with Crippen molar-refractivity contribution in [3.8, 4) is 0 Å². The number of halogens is 1. The van der Waals surface area contributed by atoms with Crippen LogP contribution >= 0.6 is 11.6 Å². The number of nitro groups is 1. The van der Waals surface area contributed by atoms with Crippen LogP contribution in [0.1, 0.15) is 16.8 Å². The van der Waals surface area contributed by atoms with Gasteiger partial charge in [0.15, 0.2) is 5.78 Å². The van der Waals surface area contributed by atoms with Gasteiger partial charge in [-0.3, -0.25) is 14.9 Å². The van der Waals surface area contributed by atoms with E-state index in [9.17, 15) is 14.9 Å². The van der Waals surface area contributed by atoms with Crippen LogP contribution in [-0.2, 0) is 0 Å². The number of nitrogens with zero attached hydrogens (tertiary/aromatic N) is 1. The Morgan fingerprint density at radius 1 is 1.19 bits per heavy atom. The van der Waals surface area contributed by atoms with Crippen molar-refractivity contribution < 1.29 is 9.72 Å². The first kappa shape index (κ1) is 15.0. The highest BCUT2D eigenvalue weighted by atomic mass is 35.5. The summed E-state index contributed by atoms with van der Waals surface area (Å²) in [6, 6.07) is 12.8. The van der Waals surface area contributed by atoms with Gasteiger partial charge in [0.2, 0.25) is 0 Å². The van der Waals surface area contributed by atoms with Gasteiger partial charge in [0.25, 0.3) is 5.69 Å². The Morgan fingerprint density at radius 3 is 2.52 bits per heavy atom. The highest BCUT2D eigenvalue weighted by molar-refractivity contribution is 6.30. The average Bonchev–Trinajstić information content (AvgIpc) is 2.47. The molecule has 5 nitrogen and oxygen atoms in total. The normalized spacial score (nSPS) is 10.1. The highest BCUT2D eigenvalue weighted by Gasteiger charge is 2.09. The van der Waals surface area contributed by atoms with Crippen LogP contribution in [0.5, 0.6) is 0 Å². The van der Waals surface area contributed by atoms with Crippen LogP contribution in [-0.4, -0.2) is 17.3 Å². The van der Waals surface area contributed by atoms with Crippen molar-refractivity contribution in [3.05, 3.63) is 69.2 Å². The summed E-state index contributed by atoms with van der Waals surface area (Å²) in [4.78, 5) is 22.0. The third-order valence-electron chi connectivity index (χ3n) is 2.91. The summed E-state index contributed by atoms with van der Waals surface area (Å²) in [6.45, 7) is 0.468. The third-order valence-corrected chi connectivity index (χ3v) is 3.14. The van der Waals surface area contributed by atoms with Crippen LogP contribution in [0.3, 0.4) is 0 Å². The second-order valence-electron chi connectivity index (χ2n) is 4.41. The zero-order chi connectivity index (χ0) is 15.2. The van der Waals surface area contributed by atoms with Crippen LogP contribution in [0.4, 0.5) is 11.4 Å². The van der Waals surface area contributed by atoms with E-state index in [-0.39, 0.29) is 11.5 Å². The Morgan fingerprint density at radius 2 is 1.90 bits per heavy atom. The lowest BCUT2D eigenvalue weighted by atomic mass is 10.1. The largest absolute Gasteiger partial charge is 0.385 e. The molecule has 0 aliphatic carbocycles. The second kappa shape index (κ2) is 6.85. The second-order valence-corrected chi connectivity index (χ2v) is 4.85. The number of nitrogens with one attached hydrogen (secondary N) is 1. The molecule has 2 rings (SSSR count). The van der Waals surface area contributed by atoms with Gasteiger partial charge in [-0.25, -0.2) is 0 Å². The van der Waals surface area contributed by atoms with Crippen LogP contribution in [0.2, 0.25) is 5.02 Å². The van der Waals surface area contributed by atoms with Gasteiger partial charge in [-0.1, -0.05) is 17.7 Å². The number of ketones is 1. The maximum absolute atomic E-state index is 11.9. The third kappa shape index (κ3) is 4.29. The molecular formula is C15H13ClN2O3. The van der Waals surface area contributed by atoms with Crippen molar-refractivity contribution in [2.45, 2.75) is 6.42 Å². The Balaban J connectivity index is 1.88. The van der Waals surface area contributed by atoms with Gasteiger partial charge in [-0.15, -0.1) is 0 Å². The minimum Gasteiger partial charge on any atom is -0.385 e. The lowest BCUT2D eigenvalue weighted by Crippen LogP contribution is -2.08. The number of hydrogen-bond donors (Lipinski definition) is 1. The number of non-ortho nitro benzene ring substituents is 1. The monoisotopic (exact) mass is 304 g/mol. The van der Waals surface area contributed by atoms with Crippen molar-refractivity contribution in [3.63, 3.8) is 0 Å². The molecule has 1 N–H and O–H groups in total. The predicted octanol–water partition coefficient (Wildman–Crippen LogP) is 3.93. The van der Waals surface area contributed by atoms with Gasteiger partial charge in [0, 0.05) is 41.4 Å². The van der Waals surface area contributed by atoms with Crippen molar-refractivity contribution in [2.24, 2.45) is 0 Å². The Kier molecular flexibility index (Phi) is 4.90. The molecule has 0 bridgehead atoms. The molecule has 0 unspecified atom stereocenters. The molecule has 0 heterocycles. The van der Waals surface area contributed by atoms with E-state index >= 15 is 0 Å². The molecule has 108 valence electrons. The fraction of sp³-hybridized carbons (Fsp3) is 0.133. The van der Waals surface area contributed by atoms with E-state index in [0.29, 0.717) is 23.6 Å². The first-order valence-electron chi connectivity index (χ1n) is 6.33. The summed E-state index contributed by atoms with van der Waals surface area (Å²) in [5.74, 6) is -0.0700. The van der Waals surface area contributed by atoms with E-state index in [1.165, 1.54) is 24.3 Å². The molecule has 2 aromatic rings. The smallest absolute Gasteiger partial charge is 0.269 e. The van der Waals surface area contributed by atoms with Gasteiger partial charge < -0.3 is 5.32 Å². The zero-order valence-corrected chi connectivity index (χ0v) is 11.8. The fourth-order valence-corrected chi connectivity index (χ4v) is 2.02. The van der Waals surface area contributed by atoms with Crippen molar-refractivity contribution in [1.29, 1.82) is 0 Å². The lowest BCUT2D eigenvalue weighted by molar-refractivity contribution is -0.384. The molecule has 0 aliphatic rings. The van der Waals surface area contributed by atoms with Crippen molar-refractivity contribution in [2.75, 3.05) is 11.9 Å². The summed E-state index contributed by atoms with van der Waals surface area (Å²) in [5.41, 5.74) is 1.29. The number of carbonyl (C=O) groups is 1. The molecule has 0 fully saturated rings. The standard InChI is InChI=1S/C15H13ClN2O3/c16-12-2-1-3-13(10-12)17-9-8-15(19)11-4-6-14(7-5-11)18(20)21/h1-7,10,17H,8-9H2. The number of nitro benzene ring substituents is 1. The number of hydrogen-bond acceptors (Lipinski definition) is 4. The lowest BCUT2D eigenvalue weighted by Gasteiger charge is -2.06. The molecular weight excluding hydrogens is 292 g/mol. The molecule has 0 atom stereocenters. The van der Waals surface area contributed by atoms with Crippen LogP contribution in [0, 0.1) is 10.1 Å². The first-order valence-corrected chi connectivity index (χ1v) is 6.71. The number of anilines is 1. The molecule has 0 saturated carbocycles. The maximum Gasteiger partial charge on any atom is 0.269 e. The van der Waals surface area contributed by atoms with Crippen LogP contribution in [0.25, 0.3) is 0 Å². The molecule has 0 aromatic heterocycles. The SMILES string of the molecule is O=C(CCNc1cccc(Cl)c1)c1ccc([N+](=O)[O-])cc1. The number of carbonyl (C=O) groups excluding carboxylic acids is 1. The summed E-state index contributed by atoms with van der Waals surface area (Å²) in [5, 5.41) is 14.3. The molecule has 0 spiro atoms. The number of rotatable bonds is 6. The maximum atomic E-state index is 11.9. The quantitative estimate of drug-likeness (QED) is 0.498.